The van der Waals surface area contributed by atoms with Crippen molar-refractivity contribution in [2.75, 3.05) is 20.0 Å². The van der Waals surface area contributed by atoms with Gasteiger partial charge in [0.25, 0.3) is 5.56 Å². The quantitative estimate of drug-likeness (QED) is 0.272. The molecule has 0 saturated carbocycles. The molecule has 0 radical (unpaired) electrons. The van der Waals surface area contributed by atoms with E-state index in [1.54, 1.807) is 30.4 Å². The first-order chi connectivity index (χ1) is 17.4. The van der Waals surface area contributed by atoms with Crippen LogP contribution in [-0.2, 0) is 9.53 Å². The van der Waals surface area contributed by atoms with Crippen LogP contribution in [0.4, 0.5) is 0 Å². The van der Waals surface area contributed by atoms with Gasteiger partial charge in [-0.2, -0.15) is 0 Å². The van der Waals surface area contributed by atoms with Gasteiger partial charge in [0.05, 0.1) is 29.5 Å². The van der Waals surface area contributed by atoms with Crippen LogP contribution in [0.15, 0.2) is 72.9 Å². The van der Waals surface area contributed by atoms with E-state index in [9.17, 15) is 9.59 Å². The highest BCUT2D eigenvalue weighted by Gasteiger charge is 2.36. The summed E-state index contributed by atoms with van der Waals surface area (Å²) in [6.45, 7) is 4.03. The predicted octanol–water partition coefficient (Wildman–Crippen LogP) is 5.07. The fourth-order valence-corrected chi connectivity index (χ4v) is 5.99. The number of carbonyl (C=O) groups is 1. The molecule has 1 aliphatic rings. The molecule has 3 aromatic rings. The Morgan fingerprint density at radius 2 is 1.97 bits per heavy atom. The molecule has 9 heteroatoms. The highest BCUT2D eigenvalue weighted by atomic mass is 79.9. The van der Waals surface area contributed by atoms with E-state index in [0.29, 0.717) is 38.3 Å². The number of methoxy groups -OCH3 is 1. The smallest absolute Gasteiger partial charge is 0.338 e. The van der Waals surface area contributed by atoms with Gasteiger partial charge in [-0.3, -0.25) is 9.36 Å². The molecule has 6 nitrogen and oxygen atoms in total. The van der Waals surface area contributed by atoms with E-state index < -0.39 is 12.0 Å². The highest BCUT2D eigenvalue weighted by Crippen LogP contribution is 2.38. The summed E-state index contributed by atoms with van der Waals surface area (Å²) >= 11 is 6.53. The van der Waals surface area contributed by atoms with Crippen LogP contribution in [0, 0.1) is 0 Å². The fraction of sp³-hybridized carbons (Fsp3) is 0.296. The number of ether oxygens (including phenoxy) is 2. The van der Waals surface area contributed by atoms with Crippen LogP contribution in [-0.4, -0.2) is 30.5 Å². The van der Waals surface area contributed by atoms with Gasteiger partial charge in [-0.25, -0.2) is 9.79 Å². The molecule has 2 heterocycles. The van der Waals surface area contributed by atoms with Crippen LogP contribution in [0.1, 0.15) is 43.9 Å². The van der Waals surface area contributed by atoms with Crippen molar-refractivity contribution in [3.05, 3.63) is 89.0 Å². The van der Waals surface area contributed by atoms with Gasteiger partial charge in [0.15, 0.2) is 4.80 Å². The average Bonchev–Trinajstić information content (AvgIpc) is 3.18. The van der Waals surface area contributed by atoms with Crippen LogP contribution in [0.25, 0.3) is 6.08 Å². The molecule has 4 rings (SSSR count). The predicted molar refractivity (Wildman–Crippen MR) is 149 cm³/mol. The molecule has 0 fully saturated rings. The molecule has 0 aliphatic carbocycles. The first-order valence-electron chi connectivity index (χ1n) is 11.6. The van der Waals surface area contributed by atoms with Crippen LogP contribution in [0.5, 0.6) is 5.75 Å². The van der Waals surface area contributed by atoms with Crippen molar-refractivity contribution in [3.63, 3.8) is 0 Å². The Morgan fingerprint density at radius 1 is 1.22 bits per heavy atom. The minimum atomic E-state index is -0.727. The number of allylic oxidation sites excluding steroid dienone is 1. The fourth-order valence-electron chi connectivity index (χ4n) is 4.19. The number of thioether (sulfide) groups is 1. The van der Waals surface area contributed by atoms with Crippen molar-refractivity contribution in [1.29, 1.82) is 0 Å². The van der Waals surface area contributed by atoms with Gasteiger partial charge in [-0.1, -0.05) is 52.7 Å². The number of rotatable bonds is 8. The van der Waals surface area contributed by atoms with Gasteiger partial charge in [-0.05, 0) is 61.6 Å². The molecule has 2 aromatic carbocycles. The van der Waals surface area contributed by atoms with Crippen molar-refractivity contribution < 1.29 is 14.3 Å². The van der Waals surface area contributed by atoms with Crippen molar-refractivity contribution in [1.82, 2.24) is 4.57 Å². The Balaban J connectivity index is 2.02. The number of fused-ring (bicyclic) bond motifs is 1. The topological polar surface area (TPSA) is 69.9 Å². The maximum Gasteiger partial charge on any atom is 0.338 e. The Labute approximate surface area is 226 Å². The molecule has 0 saturated heterocycles. The molecular weight excluding hydrogens is 560 g/mol. The van der Waals surface area contributed by atoms with Crippen molar-refractivity contribution in [2.24, 2.45) is 4.99 Å². The Morgan fingerprint density at radius 3 is 2.61 bits per heavy atom. The van der Waals surface area contributed by atoms with Crippen molar-refractivity contribution >= 4 is 51.1 Å². The molecular formula is C27H27BrN2O4S2. The van der Waals surface area contributed by atoms with E-state index in [-0.39, 0.29) is 12.2 Å². The summed E-state index contributed by atoms with van der Waals surface area (Å²) in [5, 5.41) is 0. The molecule has 0 spiro atoms. The number of esters is 1. The third kappa shape index (κ3) is 5.23. The van der Waals surface area contributed by atoms with Crippen LogP contribution < -0.4 is 19.6 Å². The highest BCUT2D eigenvalue weighted by molar-refractivity contribution is 9.10. The second-order valence-corrected chi connectivity index (χ2v) is 10.9. The minimum absolute atomic E-state index is 0.211. The van der Waals surface area contributed by atoms with E-state index >= 15 is 0 Å². The molecule has 0 amide bonds. The summed E-state index contributed by atoms with van der Waals surface area (Å²) in [5.41, 5.74) is 2.42. The molecule has 0 unspecified atom stereocenters. The summed E-state index contributed by atoms with van der Waals surface area (Å²) in [6, 6.07) is 12.9. The molecule has 0 N–H and O–H groups in total. The SMILES string of the molecule is CCCC1=C(C(=O)OCC)[C@H](c2cc(Br)ccc2OC)n2c(s/c(=C/c3ccc(SC)cc3)c2=O)=N1. The van der Waals surface area contributed by atoms with Gasteiger partial charge in [0.2, 0.25) is 0 Å². The number of carbonyl (C=O) groups excluding carboxylic acids is 1. The number of hydrogen-bond acceptors (Lipinski definition) is 7. The summed E-state index contributed by atoms with van der Waals surface area (Å²) in [7, 11) is 1.58. The number of aromatic nitrogens is 1. The maximum atomic E-state index is 13.9. The number of thiazole rings is 1. The standard InChI is InChI=1S/C27H27BrN2O4S2/c1-5-7-20-23(26(32)34-6-2)24(19-15-17(28)10-13-21(19)33-3)30-25(31)22(36-27(30)29-20)14-16-8-11-18(35-4)12-9-16/h8-15,24H,5-7H2,1-4H3/b22-14+/t24-/m0/s1. The van der Waals surface area contributed by atoms with Crippen LogP contribution in [0.2, 0.25) is 0 Å². The van der Waals surface area contributed by atoms with Crippen molar-refractivity contribution in [3.8, 4) is 5.75 Å². The van der Waals surface area contributed by atoms with Gasteiger partial charge < -0.3 is 9.47 Å². The first kappa shape index (κ1) is 26.4. The van der Waals surface area contributed by atoms with Gasteiger partial charge in [-0.15, -0.1) is 11.8 Å². The van der Waals surface area contributed by atoms with Gasteiger partial charge >= 0.3 is 5.97 Å². The minimum Gasteiger partial charge on any atom is -0.496 e. The lowest BCUT2D eigenvalue weighted by Gasteiger charge is -2.27. The van der Waals surface area contributed by atoms with E-state index in [1.807, 2.05) is 61.7 Å². The number of halogens is 1. The summed E-state index contributed by atoms with van der Waals surface area (Å²) in [5.74, 6) is 0.101. The second kappa shape index (κ2) is 11.6. The molecule has 1 aromatic heterocycles. The zero-order chi connectivity index (χ0) is 25.8. The zero-order valence-electron chi connectivity index (χ0n) is 20.5. The normalized spacial score (nSPS) is 15.5. The summed E-state index contributed by atoms with van der Waals surface area (Å²) in [6.07, 6.45) is 5.28. The summed E-state index contributed by atoms with van der Waals surface area (Å²) in [4.78, 5) is 33.7. The molecule has 36 heavy (non-hydrogen) atoms. The Bertz CT molecular complexity index is 1490. The number of benzene rings is 2. The second-order valence-electron chi connectivity index (χ2n) is 8.07. The monoisotopic (exact) mass is 586 g/mol. The largest absolute Gasteiger partial charge is 0.496 e. The maximum absolute atomic E-state index is 13.9. The van der Waals surface area contributed by atoms with Crippen LogP contribution in [0.3, 0.4) is 0 Å². The summed E-state index contributed by atoms with van der Waals surface area (Å²) < 4.78 is 14.1. The van der Waals surface area contributed by atoms with Gasteiger partial charge in [0.1, 0.15) is 11.8 Å². The molecule has 0 bridgehead atoms. The van der Waals surface area contributed by atoms with Gasteiger partial charge in [0, 0.05) is 14.9 Å². The van der Waals surface area contributed by atoms with Crippen LogP contribution >= 0.6 is 39.0 Å². The Hall–Kier alpha value is -2.62. The van der Waals surface area contributed by atoms with E-state index in [2.05, 4.69) is 15.9 Å². The average molecular weight is 588 g/mol. The van der Waals surface area contributed by atoms with E-state index in [0.717, 1.165) is 21.4 Å². The first-order valence-corrected chi connectivity index (χ1v) is 14.4. The third-order valence-corrected chi connectivity index (χ3v) is 8.01. The molecule has 1 aliphatic heterocycles. The number of nitrogens with zero attached hydrogens (tertiary/aromatic N) is 2. The third-order valence-electron chi connectivity index (χ3n) is 5.79. The van der Waals surface area contributed by atoms with Crippen molar-refractivity contribution in [2.45, 2.75) is 37.6 Å². The van der Waals surface area contributed by atoms with E-state index in [4.69, 9.17) is 14.5 Å². The molecule has 1 atom stereocenters. The lowest BCUT2D eigenvalue weighted by Crippen LogP contribution is -2.40. The lowest BCUT2D eigenvalue weighted by atomic mass is 9.93. The zero-order valence-corrected chi connectivity index (χ0v) is 23.8. The number of hydrogen-bond donors (Lipinski definition) is 0. The lowest BCUT2D eigenvalue weighted by molar-refractivity contribution is -0.139. The van der Waals surface area contributed by atoms with E-state index in [1.165, 1.54) is 11.3 Å². The molecule has 188 valence electrons. The Kier molecular flexibility index (Phi) is 8.54.